The summed E-state index contributed by atoms with van der Waals surface area (Å²) in [6.45, 7) is 3.62. The zero-order chi connectivity index (χ0) is 36.1. The Labute approximate surface area is 288 Å². The van der Waals surface area contributed by atoms with E-state index < -0.39 is 29.4 Å². The van der Waals surface area contributed by atoms with E-state index in [0.29, 0.717) is 40.0 Å². The number of aromatic nitrogens is 1. The van der Waals surface area contributed by atoms with Crippen molar-refractivity contribution in [3.63, 3.8) is 0 Å². The number of carbonyl (C=O) groups excluding carboxylic acids is 3. The summed E-state index contributed by atoms with van der Waals surface area (Å²) in [6.07, 6.45) is 3.53. The fraction of sp³-hybridized carbons (Fsp3) is 0.211. The molecule has 0 fully saturated rings. The van der Waals surface area contributed by atoms with Crippen LogP contribution < -0.4 is 20.5 Å². The summed E-state index contributed by atoms with van der Waals surface area (Å²) < 4.78 is 45.5. The highest BCUT2D eigenvalue weighted by Crippen LogP contribution is 2.42. The summed E-state index contributed by atoms with van der Waals surface area (Å²) in [7, 11) is 4.29. The largest absolute Gasteiger partial charge is 0.493 e. The lowest BCUT2D eigenvalue weighted by molar-refractivity contribution is -0.138. The number of anilines is 2. The van der Waals surface area contributed by atoms with Gasteiger partial charge in [-0.3, -0.25) is 4.79 Å². The van der Waals surface area contributed by atoms with E-state index in [1.54, 1.807) is 29.3 Å². The van der Waals surface area contributed by atoms with Crippen LogP contribution in [0.5, 0.6) is 11.5 Å². The molecule has 10 nitrogen and oxygen atoms in total. The van der Waals surface area contributed by atoms with Gasteiger partial charge in [0.15, 0.2) is 11.5 Å². The number of nitrogen functional groups attached to an aromatic ring is 1. The maximum absolute atomic E-state index is 15.8. The highest BCUT2D eigenvalue weighted by Gasteiger charge is 2.38. The molecule has 0 aliphatic carbocycles. The second-order valence-electron chi connectivity index (χ2n) is 11.7. The summed E-state index contributed by atoms with van der Waals surface area (Å²) in [5.74, 6) is -2.24. The van der Waals surface area contributed by atoms with Gasteiger partial charge in [0.25, 0.3) is 5.91 Å². The number of carbonyl (C=O) groups is 3. The Hall–Kier alpha value is -6.04. The van der Waals surface area contributed by atoms with Gasteiger partial charge in [-0.05, 0) is 79.1 Å². The van der Waals surface area contributed by atoms with E-state index in [1.165, 1.54) is 63.9 Å². The monoisotopic (exact) mass is 682 g/mol. The summed E-state index contributed by atoms with van der Waals surface area (Å²) >= 11 is 0. The van der Waals surface area contributed by atoms with Crippen molar-refractivity contribution in [3.8, 4) is 33.8 Å². The molecule has 1 unspecified atom stereocenters. The SMILES string of the molecule is COC(=O)C1=C(c2ccc(F)cc2)C(CC=O)C(C(=O)Nc2ccc(-c3cc(-c4ccc(OC)c(OC)c4)cnc3N)c(F)c2)=CN1C(C)C. The number of ether oxygens (including phenoxy) is 3. The van der Waals surface area contributed by atoms with Gasteiger partial charge >= 0.3 is 5.97 Å². The third kappa shape index (κ3) is 7.05. The number of rotatable bonds is 11. The van der Waals surface area contributed by atoms with Crippen LogP contribution in [0.1, 0.15) is 25.8 Å². The van der Waals surface area contributed by atoms with Crippen LogP contribution in [-0.4, -0.2) is 55.4 Å². The number of benzene rings is 3. The second-order valence-corrected chi connectivity index (χ2v) is 11.7. The minimum atomic E-state index is -0.906. The van der Waals surface area contributed by atoms with Crippen molar-refractivity contribution >= 4 is 35.2 Å². The van der Waals surface area contributed by atoms with E-state index in [9.17, 15) is 18.8 Å². The van der Waals surface area contributed by atoms with Crippen LogP contribution in [-0.2, 0) is 19.1 Å². The van der Waals surface area contributed by atoms with Crippen LogP contribution in [0, 0.1) is 17.6 Å². The van der Waals surface area contributed by atoms with Crippen molar-refractivity contribution in [2.24, 2.45) is 5.92 Å². The molecule has 12 heteroatoms. The lowest BCUT2D eigenvalue weighted by Crippen LogP contribution is -2.38. The van der Waals surface area contributed by atoms with E-state index in [2.05, 4.69) is 10.3 Å². The quantitative estimate of drug-likeness (QED) is 0.132. The molecule has 1 aromatic heterocycles. The van der Waals surface area contributed by atoms with Crippen molar-refractivity contribution in [3.05, 3.63) is 108 Å². The number of nitrogens with zero attached hydrogens (tertiary/aromatic N) is 2. The van der Waals surface area contributed by atoms with Crippen molar-refractivity contribution in [1.82, 2.24) is 9.88 Å². The molecule has 0 saturated carbocycles. The summed E-state index contributed by atoms with van der Waals surface area (Å²) in [4.78, 5) is 44.9. The summed E-state index contributed by atoms with van der Waals surface area (Å²) in [5, 5.41) is 2.73. The minimum absolute atomic E-state index is 0.101. The number of halogens is 2. The molecule has 5 rings (SSSR count). The van der Waals surface area contributed by atoms with Gasteiger partial charge in [0.2, 0.25) is 0 Å². The Bertz CT molecular complexity index is 2010. The van der Waals surface area contributed by atoms with Gasteiger partial charge in [0.1, 0.15) is 29.4 Å². The fourth-order valence-electron chi connectivity index (χ4n) is 5.89. The summed E-state index contributed by atoms with van der Waals surface area (Å²) in [5.41, 5.74) is 9.22. The van der Waals surface area contributed by atoms with Crippen LogP contribution in [0.2, 0.25) is 0 Å². The van der Waals surface area contributed by atoms with Gasteiger partial charge in [-0.1, -0.05) is 18.2 Å². The number of pyridine rings is 1. The van der Waals surface area contributed by atoms with Gasteiger partial charge in [0, 0.05) is 58.7 Å². The molecule has 1 atom stereocenters. The molecule has 0 bridgehead atoms. The van der Waals surface area contributed by atoms with E-state index >= 15 is 4.39 Å². The average Bonchev–Trinajstić information content (AvgIpc) is 3.11. The predicted octanol–water partition coefficient (Wildman–Crippen LogP) is 6.63. The number of esters is 1. The number of aldehydes is 1. The third-order valence-corrected chi connectivity index (χ3v) is 8.35. The third-order valence-electron chi connectivity index (χ3n) is 8.35. The molecule has 1 aliphatic rings. The van der Waals surface area contributed by atoms with Gasteiger partial charge in [-0.15, -0.1) is 0 Å². The van der Waals surface area contributed by atoms with Crippen LogP contribution in [0.4, 0.5) is 20.3 Å². The van der Waals surface area contributed by atoms with E-state index in [-0.39, 0.29) is 40.8 Å². The number of methoxy groups -OCH3 is 3. The maximum Gasteiger partial charge on any atom is 0.355 e. The molecule has 0 saturated heterocycles. The normalized spacial score (nSPS) is 14.3. The number of amides is 1. The van der Waals surface area contributed by atoms with Gasteiger partial charge in [0.05, 0.1) is 21.3 Å². The van der Waals surface area contributed by atoms with Crippen LogP contribution >= 0.6 is 0 Å². The molecule has 3 aromatic carbocycles. The van der Waals surface area contributed by atoms with Crippen LogP contribution in [0.15, 0.2) is 90.4 Å². The summed E-state index contributed by atoms with van der Waals surface area (Å²) in [6, 6.07) is 16.3. The highest BCUT2D eigenvalue weighted by atomic mass is 19.1. The lowest BCUT2D eigenvalue weighted by Gasteiger charge is -2.37. The number of nitrogens with one attached hydrogen (secondary N) is 1. The van der Waals surface area contributed by atoms with Gasteiger partial charge < -0.3 is 35.0 Å². The molecular weight excluding hydrogens is 646 g/mol. The molecule has 1 aliphatic heterocycles. The molecule has 4 aromatic rings. The minimum Gasteiger partial charge on any atom is -0.493 e. The Morgan fingerprint density at radius 2 is 1.62 bits per heavy atom. The first-order valence-electron chi connectivity index (χ1n) is 15.6. The molecular formula is C38H36F2N4O6. The Kier molecular flexibility index (Phi) is 10.6. The van der Waals surface area contributed by atoms with E-state index in [1.807, 2.05) is 19.9 Å². The average molecular weight is 683 g/mol. The van der Waals surface area contributed by atoms with E-state index in [4.69, 9.17) is 19.9 Å². The second kappa shape index (κ2) is 15.0. The lowest BCUT2D eigenvalue weighted by atomic mass is 9.80. The van der Waals surface area contributed by atoms with Crippen molar-refractivity contribution < 1.29 is 37.4 Å². The van der Waals surface area contributed by atoms with Crippen molar-refractivity contribution in [2.75, 3.05) is 32.4 Å². The highest BCUT2D eigenvalue weighted by molar-refractivity contribution is 6.09. The van der Waals surface area contributed by atoms with Gasteiger partial charge in [-0.2, -0.15) is 0 Å². The number of nitrogens with two attached hydrogens (primary N) is 1. The van der Waals surface area contributed by atoms with Crippen LogP contribution in [0.3, 0.4) is 0 Å². The topological polar surface area (TPSA) is 133 Å². The van der Waals surface area contributed by atoms with Crippen molar-refractivity contribution in [1.29, 1.82) is 0 Å². The zero-order valence-corrected chi connectivity index (χ0v) is 28.1. The van der Waals surface area contributed by atoms with Crippen LogP contribution in [0.25, 0.3) is 27.8 Å². The standard InChI is InChI=1S/C38H36F2N4O6/c1-21(2)44-20-30(28(14-15-45)34(35(44)38(47)50-5)22-6-9-25(39)10-7-22)37(46)43-26-11-12-27(31(40)18-26)29-16-24(19-42-36(29)41)23-8-13-32(48-3)33(17-23)49-4/h6-13,15-21,28H,14H2,1-5H3,(H2,41,42)(H,43,46). The molecule has 2 heterocycles. The fourth-order valence-corrected chi connectivity index (χ4v) is 5.89. The first-order valence-corrected chi connectivity index (χ1v) is 15.6. The Morgan fingerprint density at radius 1 is 0.920 bits per heavy atom. The smallest absolute Gasteiger partial charge is 0.355 e. The Morgan fingerprint density at radius 3 is 2.24 bits per heavy atom. The number of allylic oxidation sites excluding steroid dienone is 1. The predicted molar refractivity (Wildman–Crippen MR) is 186 cm³/mol. The number of hydrogen-bond donors (Lipinski definition) is 2. The molecule has 0 radical (unpaired) electrons. The molecule has 50 heavy (non-hydrogen) atoms. The first-order chi connectivity index (χ1) is 24.0. The zero-order valence-electron chi connectivity index (χ0n) is 28.1. The molecule has 258 valence electrons. The number of hydrogen-bond acceptors (Lipinski definition) is 9. The molecule has 0 spiro atoms. The molecule has 3 N–H and O–H groups in total. The van der Waals surface area contributed by atoms with Gasteiger partial charge in [-0.25, -0.2) is 18.6 Å². The Balaban J connectivity index is 1.49. The van der Waals surface area contributed by atoms with Crippen molar-refractivity contribution in [2.45, 2.75) is 26.3 Å². The maximum atomic E-state index is 15.8. The first kappa shape index (κ1) is 35.3. The molecule has 1 amide bonds. The van der Waals surface area contributed by atoms with E-state index in [0.717, 1.165) is 11.6 Å².